The van der Waals surface area contributed by atoms with Crippen molar-refractivity contribution in [1.82, 2.24) is 0 Å². The topological polar surface area (TPSA) is 29.5 Å². The Balaban J connectivity index is 2.57. The van der Waals surface area contributed by atoms with Crippen LogP contribution in [0.2, 0.25) is 5.04 Å². The standard InChI is InChI=1S/C20H26F2O2Si/c1-19(2,3)25(17-10-6-4-7-11-17,18-12-8-5-9-13-18)24-16-20(21,22)14-15-23/h4-13,23H,14-16H2,1-3H3. The third-order valence-corrected chi connectivity index (χ3v) is 9.38. The Bertz CT molecular complexity index is 615. The van der Waals surface area contributed by atoms with E-state index >= 15 is 0 Å². The van der Waals surface area contributed by atoms with E-state index in [0.29, 0.717) is 0 Å². The summed E-state index contributed by atoms with van der Waals surface area (Å²) in [5, 5.41) is 10.5. The van der Waals surface area contributed by atoms with Crippen LogP contribution in [0.25, 0.3) is 0 Å². The summed E-state index contributed by atoms with van der Waals surface area (Å²) in [6.45, 7) is 4.88. The minimum absolute atomic E-state index is 0.342. The molecule has 0 spiro atoms. The van der Waals surface area contributed by atoms with Crippen LogP contribution in [0.1, 0.15) is 27.2 Å². The van der Waals surface area contributed by atoms with E-state index in [0.717, 1.165) is 10.4 Å². The van der Waals surface area contributed by atoms with Gasteiger partial charge in [0.1, 0.15) is 0 Å². The van der Waals surface area contributed by atoms with Gasteiger partial charge in [0.2, 0.25) is 0 Å². The maximum Gasteiger partial charge on any atom is 0.271 e. The lowest BCUT2D eigenvalue weighted by molar-refractivity contribution is -0.0600. The van der Waals surface area contributed by atoms with E-state index in [9.17, 15) is 8.78 Å². The zero-order valence-corrected chi connectivity index (χ0v) is 16.0. The fourth-order valence-electron chi connectivity index (χ4n) is 3.21. The molecule has 0 heterocycles. The molecule has 0 amide bonds. The highest BCUT2D eigenvalue weighted by atomic mass is 28.4. The molecule has 2 aromatic rings. The van der Waals surface area contributed by atoms with Crippen LogP contribution in [0.15, 0.2) is 60.7 Å². The van der Waals surface area contributed by atoms with Crippen LogP contribution >= 0.6 is 0 Å². The Morgan fingerprint density at radius 1 is 0.880 bits per heavy atom. The summed E-state index contributed by atoms with van der Waals surface area (Å²) in [7, 11) is -2.95. The second-order valence-corrected chi connectivity index (χ2v) is 11.6. The molecule has 0 aliphatic rings. The van der Waals surface area contributed by atoms with Crippen LogP contribution in [0.5, 0.6) is 0 Å². The van der Waals surface area contributed by atoms with Crippen molar-refractivity contribution in [3.05, 3.63) is 60.7 Å². The molecule has 0 unspecified atom stereocenters. The van der Waals surface area contributed by atoms with Crippen molar-refractivity contribution >= 4 is 18.7 Å². The number of benzene rings is 2. The first-order chi connectivity index (χ1) is 11.7. The van der Waals surface area contributed by atoms with Crippen molar-refractivity contribution in [2.75, 3.05) is 13.2 Å². The lowest BCUT2D eigenvalue weighted by Gasteiger charge is -2.43. The average Bonchev–Trinajstić information content (AvgIpc) is 2.56. The molecule has 0 aromatic heterocycles. The van der Waals surface area contributed by atoms with Crippen molar-refractivity contribution < 1.29 is 18.3 Å². The van der Waals surface area contributed by atoms with Crippen molar-refractivity contribution in [2.24, 2.45) is 0 Å². The van der Waals surface area contributed by atoms with Gasteiger partial charge in [0.25, 0.3) is 14.2 Å². The molecule has 0 radical (unpaired) electrons. The summed E-state index contributed by atoms with van der Waals surface area (Å²) in [6.07, 6.45) is -0.592. The second kappa shape index (κ2) is 7.77. The number of aliphatic hydroxyl groups is 1. The zero-order chi connectivity index (χ0) is 18.6. The maximum absolute atomic E-state index is 14.1. The Morgan fingerprint density at radius 3 is 1.68 bits per heavy atom. The molecule has 2 aromatic carbocycles. The van der Waals surface area contributed by atoms with Gasteiger partial charge in [-0.3, -0.25) is 0 Å². The third kappa shape index (κ3) is 4.35. The zero-order valence-electron chi connectivity index (χ0n) is 15.0. The normalized spacial score (nSPS) is 13.0. The summed E-state index contributed by atoms with van der Waals surface area (Å²) in [5.74, 6) is -3.05. The number of halogens is 2. The highest BCUT2D eigenvalue weighted by Gasteiger charge is 2.51. The molecule has 25 heavy (non-hydrogen) atoms. The van der Waals surface area contributed by atoms with Gasteiger partial charge in [-0.15, -0.1) is 0 Å². The lowest BCUT2D eigenvalue weighted by atomic mass is 10.2. The molecular formula is C20H26F2O2Si. The number of rotatable bonds is 7. The molecule has 136 valence electrons. The van der Waals surface area contributed by atoms with Crippen molar-refractivity contribution in [1.29, 1.82) is 0 Å². The number of hydrogen-bond donors (Lipinski definition) is 1. The molecule has 2 rings (SSSR count). The first-order valence-electron chi connectivity index (χ1n) is 8.47. The Kier molecular flexibility index (Phi) is 6.14. The van der Waals surface area contributed by atoms with Crippen molar-refractivity contribution in [3.63, 3.8) is 0 Å². The van der Waals surface area contributed by atoms with Gasteiger partial charge in [0.15, 0.2) is 0 Å². The maximum atomic E-state index is 14.1. The van der Waals surface area contributed by atoms with Gasteiger partial charge in [0.05, 0.1) is 6.61 Å². The van der Waals surface area contributed by atoms with Gasteiger partial charge in [-0.1, -0.05) is 81.4 Å². The minimum atomic E-state index is -3.05. The molecule has 2 nitrogen and oxygen atoms in total. The van der Waals surface area contributed by atoms with Crippen molar-refractivity contribution in [3.8, 4) is 0 Å². The number of hydrogen-bond acceptors (Lipinski definition) is 2. The van der Waals surface area contributed by atoms with Crippen LogP contribution in [0.3, 0.4) is 0 Å². The van der Waals surface area contributed by atoms with E-state index in [2.05, 4.69) is 0 Å². The highest BCUT2D eigenvalue weighted by molar-refractivity contribution is 6.99. The molecule has 0 saturated carbocycles. The Hall–Kier alpha value is -1.56. The van der Waals surface area contributed by atoms with Gasteiger partial charge in [-0.05, 0) is 15.4 Å². The molecule has 0 bridgehead atoms. The van der Waals surface area contributed by atoms with E-state index in [-0.39, 0.29) is 5.04 Å². The summed E-state index contributed by atoms with van der Waals surface area (Å²) in [4.78, 5) is 0. The molecule has 0 atom stereocenters. The fraction of sp³-hybridized carbons (Fsp3) is 0.400. The molecule has 5 heteroatoms. The van der Waals surface area contributed by atoms with Gasteiger partial charge in [0, 0.05) is 13.0 Å². The summed E-state index contributed by atoms with van der Waals surface area (Å²) in [5.41, 5.74) is 0. The quantitative estimate of drug-likeness (QED) is 0.761. The SMILES string of the molecule is CC(C)(C)[Si](OCC(F)(F)CCO)(c1ccccc1)c1ccccc1. The predicted octanol–water partition coefficient (Wildman–Crippen LogP) is 3.58. The molecule has 1 N–H and O–H groups in total. The smallest absolute Gasteiger partial charge is 0.271 e. The third-order valence-electron chi connectivity index (χ3n) is 4.39. The lowest BCUT2D eigenvalue weighted by Crippen LogP contribution is -2.67. The van der Waals surface area contributed by atoms with Gasteiger partial charge in [-0.25, -0.2) is 8.78 Å². The fourth-order valence-corrected chi connectivity index (χ4v) is 7.79. The molecule has 0 saturated heterocycles. The minimum Gasteiger partial charge on any atom is -0.401 e. The molecule has 0 fully saturated rings. The predicted molar refractivity (Wildman–Crippen MR) is 100 cm³/mol. The summed E-state index contributed by atoms with van der Waals surface area (Å²) in [6, 6.07) is 19.4. The van der Waals surface area contributed by atoms with Gasteiger partial charge < -0.3 is 9.53 Å². The van der Waals surface area contributed by atoms with Crippen LogP contribution in [0, 0.1) is 0 Å². The van der Waals surface area contributed by atoms with E-state index < -0.39 is 33.9 Å². The van der Waals surface area contributed by atoms with Gasteiger partial charge >= 0.3 is 0 Å². The van der Waals surface area contributed by atoms with Crippen LogP contribution < -0.4 is 10.4 Å². The Labute approximate surface area is 149 Å². The van der Waals surface area contributed by atoms with Crippen molar-refractivity contribution in [2.45, 2.75) is 38.2 Å². The van der Waals surface area contributed by atoms with E-state index in [1.165, 1.54) is 0 Å². The summed E-state index contributed by atoms with van der Waals surface area (Å²) >= 11 is 0. The highest BCUT2D eigenvalue weighted by Crippen LogP contribution is 2.37. The first-order valence-corrected chi connectivity index (χ1v) is 10.4. The summed E-state index contributed by atoms with van der Waals surface area (Å²) < 4.78 is 34.4. The second-order valence-electron chi connectivity index (χ2n) is 7.28. The van der Waals surface area contributed by atoms with Crippen LogP contribution in [-0.4, -0.2) is 32.6 Å². The van der Waals surface area contributed by atoms with E-state index in [4.69, 9.17) is 9.53 Å². The molecule has 0 aliphatic carbocycles. The Morgan fingerprint density at radius 2 is 1.32 bits per heavy atom. The molecular weight excluding hydrogens is 338 g/mol. The number of alkyl halides is 2. The van der Waals surface area contributed by atoms with E-state index in [1.807, 2.05) is 81.4 Å². The van der Waals surface area contributed by atoms with Gasteiger partial charge in [-0.2, -0.15) is 0 Å². The monoisotopic (exact) mass is 364 g/mol. The number of aliphatic hydroxyl groups excluding tert-OH is 1. The first kappa shape index (κ1) is 19.8. The van der Waals surface area contributed by atoms with E-state index in [1.54, 1.807) is 0 Å². The largest absolute Gasteiger partial charge is 0.401 e. The molecule has 0 aliphatic heterocycles. The van der Waals surface area contributed by atoms with Crippen LogP contribution in [-0.2, 0) is 4.43 Å². The van der Waals surface area contributed by atoms with Crippen LogP contribution in [0.4, 0.5) is 8.78 Å². The average molecular weight is 365 g/mol.